The van der Waals surface area contributed by atoms with Gasteiger partial charge in [0.05, 0.1) is 18.7 Å². The van der Waals surface area contributed by atoms with Gasteiger partial charge in [-0.25, -0.2) is 14.1 Å². The second-order valence-electron chi connectivity index (χ2n) is 7.66. The van der Waals surface area contributed by atoms with Crippen LogP contribution in [0, 0.1) is 5.82 Å². The molecule has 2 aliphatic heterocycles. The molecule has 1 aromatic heterocycles. The van der Waals surface area contributed by atoms with E-state index in [0.717, 1.165) is 12.0 Å². The van der Waals surface area contributed by atoms with E-state index >= 15 is 0 Å². The van der Waals surface area contributed by atoms with Crippen molar-refractivity contribution in [2.45, 2.75) is 31.7 Å². The van der Waals surface area contributed by atoms with Crippen LogP contribution >= 0.6 is 0 Å². The van der Waals surface area contributed by atoms with Crippen LogP contribution in [0.5, 0.6) is 0 Å². The number of nitrogens with one attached hydrogen (secondary N) is 1. The Kier molecular flexibility index (Phi) is 4.72. The monoisotopic (exact) mass is 422 g/mol. The summed E-state index contributed by atoms with van der Waals surface area (Å²) in [6.07, 6.45) is 7.04. The van der Waals surface area contributed by atoms with Crippen LogP contribution in [-0.4, -0.2) is 38.5 Å². The fourth-order valence-corrected chi connectivity index (χ4v) is 4.40. The highest BCUT2D eigenvalue weighted by Gasteiger charge is 2.41. The van der Waals surface area contributed by atoms with Crippen molar-refractivity contribution in [2.24, 2.45) is 5.10 Å². The molecular formula is C22H20F2N6O. The third-order valence-electron chi connectivity index (χ3n) is 5.71. The molecule has 158 valence electrons. The Labute approximate surface area is 177 Å². The van der Waals surface area contributed by atoms with Gasteiger partial charge in [0.25, 0.3) is 0 Å². The SMILES string of the molecule is CCCn1ncnc1C1C2=C3C(=CC1c1ccc(F)cc1)C=NN(F)C3=CC(=O)CN2. The molecule has 5 rings (SSSR count). The summed E-state index contributed by atoms with van der Waals surface area (Å²) in [5.74, 6) is -0.492. The standard InChI is InChI=1S/C22H20F2N6O/c1-2-7-29-22(26-12-28-29)20-17(13-3-5-15(23)6-4-13)8-14-10-27-30(24)18-9-16(31)11-25-21(20)19(14)18/h3-6,8-10,12,17,20,25H,2,7,11H2,1H3. The molecule has 31 heavy (non-hydrogen) atoms. The number of hydrogen-bond donors (Lipinski definition) is 1. The quantitative estimate of drug-likeness (QED) is 0.767. The van der Waals surface area contributed by atoms with Crippen LogP contribution in [0.2, 0.25) is 0 Å². The number of hydrazone groups is 1. The molecule has 2 unspecified atom stereocenters. The van der Waals surface area contributed by atoms with E-state index in [4.69, 9.17) is 0 Å². The minimum absolute atomic E-state index is 0.0258. The van der Waals surface area contributed by atoms with Crippen molar-refractivity contribution in [1.29, 1.82) is 0 Å². The lowest BCUT2D eigenvalue weighted by molar-refractivity contribution is -0.113. The number of rotatable bonds is 4. The van der Waals surface area contributed by atoms with Crippen molar-refractivity contribution in [3.05, 3.63) is 82.5 Å². The minimum atomic E-state index is -0.368. The summed E-state index contributed by atoms with van der Waals surface area (Å²) in [5, 5.41) is 11.6. The van der Waals surface area contributed by atoms with Gasteiger partial charge in [-0.2, -0.15) is 5.10 Å². The first-order valence-electron chi connectivity index (χ1n) is 10.1. The average molecular weight is 422 g/mol. The van der Waals surface area contributed by atoms with Gasteiger partial charge in [0, 0.05) is 35.4 Å². The van der Waals surface area contributed by atoms with Crippen LogP contribution in [0.1, 0.15) is 36.6 Å². The fraction of sp³-hybridized carbons (Fsp3) is 0.273. The minimum Gasteiger partial charge on any atom is -0.380 e. The number of aryl methyl sites for hydroxylation is 1. The molecule has 2 atom stereocenters. The van der Waals surface area contributed by atoms with Crippen LogP contribution < -0.4 is 5.32 Å². The Morgan fingerprint density at radius 2 is 2.06 bits per heavy atom. The zero-order chi connectivity index (χ0) is 21.5. The second kappa shape index (κ2) is 7.57. The Morgan fingerprint density at radius 1 is 1.26 bits per heavy atom. The van der Waals surface area contributed by atoms with Gasteiger partial charge in [0.1, 0.15) is 23.7 Å². The lowest BCUT2D eigenvalue weighted by Crippen LogP contribution is -2.33. The Morgan fingerprint density at radius 3 is 2.84 bits per heavy atom. The molecule has 9 heteroatoms. The summed E-state index contributed by atoms with van der Waals surface area (Å²) in [6.45, 7) is 2.74. The summed E-state index contributed by atoms with van der Waals surface area (Å²) < 4.78 is 30.0. The normalized spacial score (nSPS) is 22.5. The number of carbonyl (C=O) groups excluding carboxylic acids is 1. The lowest BCUT2D eigenvalue weighted by atomic mass is 9.74. The van der Waals surface area contributed by atoms with Crippen molar-refractivity contribution in [3.63, 3.8) is 0 Å². The highest BCUT2D eigenvalue weighted by Crippen LogP contribution is 2.47. The fourth-order valence-electron chi connectivity index (χ4n) is 4.40. The van der Waals surface area contributed by atoms with E-state index in [0.29, 0.717) is 29.2 Å². The van der Waals surface area contributed by atoms with E-state index in [2.05, 4.69) is 20.5 Å². The van der Waals surface area contributed by atoms with Crippen molar-refractivity contribution in [1.82, 2.24) is 25.3 Å². The van der Waals surface area contributed by atoms with E-state index in [1.807, 2.05) is 17.7 Å². The van der Waals surface area contributed by atoms with E-state index in [-0.39, 0.29) is 40.9 Å². The van der Waals surface area contributed by atoms with Gasteiger partial charge >= 0.3 is 0 Å². The van der Waals surface area contributed by atoms with Crippen LogP contribution in [0.4, 0.5) is 8.87 Å². The van der Waals surface area contributed by atoms with Crippen molar-refractivity contribution in [2.75, 3.05) is 6.54 Å². The summed E-state index contributed by atoms with van der Waals surface area (Å²) >= 11 is 0. The number of hydrogen-bond acceptors (Lipinski definition) is 6. The number of aromatic nitrogens is 3. The van der Waals surface area contributed by atoms with Crippen LogP contribution in [0.3, 0.4) is 0 Å². The molecule has 0 saturated carbocycles. The van der Waals surface area contributed by atoms with E-state index < -0.39 is 0 Å². The Balaban J connectivity index is 1.74. The van der Waals surface area contributed by atoms with Gasteiger partial charge in [-0.1, -0.05) is 34.8 Å². The third-order valence-corrected chi connectivity index (χ3v) is 5.71. The number of nitrogens with zero attached hydrogens (tertiary/aromatic N) is 5. The van der Waals surface area contributed by atoms with Gasteiger partial charge in [-0.15, -0.1) is 5.10 Å². The van der Waals surface area contributed by atoms with Gasteiger partial charge < -0.3 is 5.32 Å². The van der Waals surface area contributed by atoms with Gasteiger partial charge in [-0.3, -0.25) is 4.79 Å². The zero-order valence-corrected chi connectivity index (χ0v) is 16.8. The number of carbonyl (C=O) groups is 1. The smallest absolute Gasteiger partial charge is 0.176 e. The molecule has 3 heterocycles. The van der Waals surface area contributed by atoms with Gasteiger partial charge in [0.15, 0.2) is 5.78 Å². The summed E-state index contributed by atoms with van der Waals surface area (Å²) in [6, 6.07) is 6.30. The summed E-state index contributed by atoms with van der Waals surface area (Å²) in [5.41, 5.74) is 2.93. The van der Waals surface area contributed by atoms with E-state index in [1.165, 1.54) is 30.8 Å². The molecule has 0 spiro atoms. The average Bonchev–Trinajstić information content (AvgIpc) is 3.14. The van der Waals surface area contributed by atoms with Gasteiger partial charge in [-0.05, 0) is 24.1 Å². The summed E-state index contributed by atoms with van der Waals surface area (Å²) in [7, 11) is 0. The maximum absolute atomic E-state index is 14.6. The van der Waals surface area contributed by atoms with E-state index in [9.17, 15) is 13.7 Å². The van der Waals surface area contributed by atoms with Crippen molar-refractivity contribution in [3.8, 4) is 0 Å². The van der Waals surface area contributed by atoms with E-state index in [1.54, 1.807) is 12.1 Å². The molecule has 3 aliphatic rings. The number of ketones is 1. The first kappa shape index (κ1) is 19.3. The topological polar surface area (TPSA) is 75.4 Å². The number of benzene rings is 1. The maximum Gasteiger partial charge on any atom is 0.176 e. The molecule has 1 aliphatic carbocycles. The summed E-state index contributed by atoms with van der Waals surface area (Å²) in [4.78, 5) is 16.9. The van der Waals surface area contributed by atoms with Crippen LogP contribution in [0.25, 0.3) is 0 Å². The first-order valence-corrected chi connectivity index (χ1v) is 10.1. The maximum atomic E-state index is 14.6. The molecule has 0 bridgehead atoms. The molecule has 0 radical (unpaired) electrons. The number of halogens is 2. The van der Waals surface area contributed by atoms with Crippen LogP contribution in [0.15, 0.2) is 70.4 Å². The lowest BCUT2D eigenvalue weighted by Gasteiger charge is -2.35. The molecular weight excluding hydrogens is 402 g/mol. The van der Waals surface area contributed by atoms with Crippen molar-refractivity contribution >= 4 is 12.0 Å². The third kappa shape index (κ3) is 3.26. The predicted octanol–water partition coefficient (Wildman–Crippen LogP) is 3.13. The molecule has 7 nitrogen and oxygen atoms in total. The van der Waals surface area contributed by atoms with Gasteiger partial charge in [0.2, 0.25) is 0 Å². The van der Waals surface area contributed by atoms with Crippen molar-refractivity contribution < 1.29 is 13.7 Å². The molecule has 0 amide bonds. The zero-order valence-electron chi connectivity index (χ0n) is 16.8. The number of allylic oxidation sites excluding steroid dienone is 3. The van der Waals surface area contributed by atoms with Crippen LogP contribution in [-0.2, 0) is 11.3 Å². The molecule has 2 aromatic rings. The largest absolute Gasteiger partial charge is 0.380 e. The highest BCUT2D eigenvalue weighted by molar-refractivity contribution is 5.97. The Bertz CT molecular complexity index is 1160. The molecule has 0 saturated heterocycles. The predicted molar refractivity (Wildman–Crippen MR) is 110 cm³/mol. The molecule has 1 N–H and O–H groups in total. The molecule has 0 fully saturated rings. The Hall–Kier alpha value is -3.62. The highest BCUT2D eigenvalue weighted by atomic mass is 19.2. The second-order valence-corrected chi connectivity index (χ2v) is 7.66. The molecule has 1 aromatic carbocycles. The first-order chi connectivity index (χ1) is 15.1.